The lowest BCUT2D eigenvalue weighted by molar-refractivity contribution is 0.0954. The molecule has 1 heterocycles. The van der Waals surface area contributed by atoms with Crippen LogP contribution in [0.5, 0.6) is 0 Å². The van der Waals surface area contributed by atoms with Crippen molar-refractivity contribution in [2.45, 2.75) is 39.3 Å². The van der Waals surface area contributed by atoms with Gasteiger partial charge >= 0.3 is 0 Å². The number of piperidine rings is 1. The average molecular weight is 567 g/mol. The second kappa shape index (κ2) is 14.1. The molecule has 0 aromatic heterocycles. The predicted molar refractivity (Wildman–Crippen MR) is 143 cm³/mol. The van der Waals surface area contributed by atoms with Crippen molar-refractivity contribution >= 4 is 35.8 Å². The van der Waals surface area contributed by atoms with E-state index in [4.69, 9.17) is 0 Å². The molecule has 0 bridgehead atoms. The van der Waals surface area contributed by atoms with Gasteiger partial charge < -0.3 is 16.0 Å². The number of halogens is 2. The fraction of sp³-hybridized carbons (Fsp3) is 0.440. The third-order valence-corrected chi connectivity index (χ3v) is 5.62. The molecule has 0 radical (unpaired) electrons. The van der Waals surface area contributed by atoms with E-state index in [1.807, 2.05) is 6.92 Å². The van der Waals surface area contributed by atoms with Crippen molar-refractivity contribution < 1.29 is 9.18 Å². The number of benzene rings is 2. The Labute approximate surface area is 213 Å². The third kappa shape index (κ3) is 8.92. The summed E-state index contributed by atoms with van der Waals surface area (Å²) in [5.41, 5.74) is 2.20. The van der Waals surface area contributed by atoms with E-state index in [-0.39, 0.29) is 35.7 Å². The second-order valence-corrected chi connectivity index (χ2v) is 8.16. The summed E-state index contributed by atoms with van der Waals surface area (Å²) < 4.78 is 13.7. The molecule has 33 heavy (non-hydrogen) atoms. The first-order valence-electron chi connectivity index (χ1n) is 11.4. The second-order valence-electron chi connectivity index (χ2n) is 8.16. The molecular weight excluding hydrogens is 532 g/mol. The largest absolute Gasteiger partial charge is 0.357 e. The summed E-state index contributed by atoms with van der Waals surface area (Å²) in [5, 5.41) is 9.60. The van der Waals surface area contributed by atoms with Crippen LogP contribution in [0.2, 0.25) is 0 Å². The van der Waals surface area contributed by atoms with E-state index in [1.54, 1.807) is 19.1 Å². The number of amides is 1. The molecule has 0 saturated carbocycles. The number of hydrogen-bond donors (Lipinski definition) is 3. The molecule has 1 aliphatic rings. The molecule has 0 aliphatic carbocycles. The van der Waals surface area contributed by atoms with Crippen LogP contribution in [0.15, 0.2) is 53.5 Å². The molecule has 3 rings (SSSR count). The first-order chi connectivity index (χ1) is 15.5. The molecule has 2 aromatic carbocycles. The van der Waals surface area contributed by atoms with E-state index in [0.717, 1.165) is 45.0 Å². The molecule has 1 saturated heterocycles. The first-order valence-corrected chi connectivity index (χ1v) is 11.4. The summed E-state index contributed by atoms with van der Waals surface area (Å²) in [6, 6.07) is 15.5. The van der Waals surface area contributed by atoms with Gasteiger partial charge in [-0.3, -0.25) is 14.7 Å². The Balaban J connectivity index is 0.00000385. The van der Waals surface area contributed by atoms with Gasteiger partial charge in [-0.1, -0.05) is 36.4 Å². The van der Waals surface area contributed by atoms with Crippen LogP contribution in [0.25, 0.3) is 0 Å². The third-order valence-electron chi connectivity index (χ3n) is 5.62. The maximum absolute atomic E-state index is 13.7. The smallest absolute Gasteiger partial charge is 0.251 e. The van der Waals surface area contributed by atoms with Crippen LogP contribution in [0.1, 0.15) is 41.3 Å². The lowest BCUT2D eigenvalue weighted by Gasteiger charge is -2.33. The van der Waals surface area contributed by atoms with E-state index >= 15 is 0 Å². The zero-order valence-electron chi connectivity index (χ0n) is 19.4. The predicted octanol–water partition coefficient (Wildman–Crippen LogP) is 3.70. The number of carbonyl (C=O) groups is 1. The van der Waals surface area contributed by atoms with E-state index in [9.17, 15) is 9.18 Å². The Morgan fingerprint density at radius 3 is 2.52 bits per heavy atom. The van der Waals surface area contributed by atoms with Crippen molar-refractivity contribution in [3.63, 3.8) is 0 Å². The Morgan fingerprint density at radius 2 is 1.85 bits per heavy atom. The van der Waals surface area contributed by atoms with Crippen molar-refractivity contribution in [3.05, 3.63) is 71.0 Å². The minimum atomic E-state index is -0.371. The molecule has 2 aromatic rings. The number of rotatable bonds is 8. The standard InChI is InChI=1S/C25H34FN5O.HI/c1-3-27-25(29-14-13-28-24(32)21-10-9-19(2)23(26)17-21)30-22-11-15-31(16-12-22)18-20-7-5-4-6-8-20;/h4-10,17,22H,3,11-16,18H2,1-2H3,(H,28,32)(H2,27,29,30);1H. The van der Waals surface area contributed by atoms with Gasteiger partial charge in [-0.2, -0.15) is 0 Å². The monoisotopic (exact) mass is 567 g/mol. The van der Waals surface area contributed by atoms with Gasteiger partial charge in [-0.25, -0.2) is 4.39 Å². The summed E-state index contributed by atoms with van der Waals surface area (Å²) in [6.45, 7) is 8.41. The van der Waals surface area contributed by atoms with Gasteiger partial charge in [0.25, 0.3) is 5.91 Å². The molecule has 0 atom stereocenters. The number of carbonyl (C=O) groups excluding carboxylic acids is 1. The minimum Gasteiger partial charge on any atom is -0.357 e. The maximum Gasteiger partial charge on any atom is 0.251 e. The van der Waals surface area contributed by atoms with Crippen LogP contribution in [0, 0.1) is 12.7 Å². The van der Waals surface area contributed by atoms with Crippen molar-refractivity contribution in [1.29, 1.82) is 0 Å². The van der Waals surface area contributed by atoms with E-state index in [0.29, 0.717) is 30.3 Å². The number of aryl methyl sites for hydroxylation is 1. The summed E-state index contributed by atoms with van der Waals surface area (Å²) in [4.78, 5) is 19.3. The number of guanidine groups is 1. The van der Waals surface area contributed by atoms with E-state index < -0.39 is 0 Å². The molecule has 0 spiro atoms. The van der Waals surface area contributed by atoms with Crippen LogP contribution >= 0.6 is 24.0 Å². The zero-order valence-corrected chi connectivity index (χ0v) is 21.8. The zero-order chi connectivity index (χ0) is 22.8. The lowest BCUT2D eigenvalue weighted by atomic mass is 10.0. The minimum absolute atomic E-state index is 0. The van der Waals surface area contributed by atoms with Gasteiger partial charge in [-0.05, 0) is 49.9 Å². The highest BCUT2D eigenvalue weighted by atomic mass is 127. The van der Waals surface area contributed by atoms with Gasteiger partial charge in [0.1, 0.15) is 5.82 Å². The molecule has 1 aliphatic heterocycles. The molecule has 0 unspecified atom stereocenters. The Morgan fingerprint density at radius 1 is 1.12 bits per heavy atom. The highest BCUT2D eigenvalue weighted by molar-refractivity contribution is 14.0. The van der Waals surface area contributed by atoms with Crippen molar-refractivity contribution in [3.8, 4) is 0 Å². The fourth-order valence-electron chi connectivity index (χ4n) is 3.76. The highest BCUT2D eigenvalue weighted by Gasteiger charge is 2.20. The number of hydrogen-bond acceptors (Lipinski definition) is 3. The van der Waals surface area contributed by atoms with Crippen molar-refractivity contribution in [2.75, 3.05) is 32.7 Å². The molecule has 8 heteroatoms. The van der Waals surface area contributed by atoms with Gasteiger partial charge in [0.2, 0.25) is 0 Å². The van der Waals surface area contributed by atoms with Crippen LogP contribution in [-0.4, -0.2) is 55.5 Å². The topological polar surface area (TPSA) is 68.8 Å². The SMILES string of the molecule is CCNC(=NCCNC(=O)c1ccc(C)c(F)c1)NC1CCN(Cc2ccccc2)CC1.I. The lowest BCUT2D eigenvalue weighted by Crippen LogP contribution is -2.48. The van der Waals surface area contributed by atoms with E-state index in [2.05, 4.69) is 56.2 Å². The number of nitrogens with zero attached hydrogens (tertiary/aromatic N) is 2. The Kier molecular flexibility index (Phi) is 11.6. The van der Waals surface area contributed by atoms with Crippen LogP contribution < -0.4 is 16.0 Å². The fourth-order valence-corrected chi connectivity index (χ4v) is 3.76. The Bertz CT molecular complexity index is 901. The summed E-state index contributed by atoms with van der Waals surface area (Å²) in [7, 11) is 0. The normalized spacial score (nSPS) is 14.9. The van der Waals surface area contributed by atoms with Crippen molar-refractivity contribution in [2.24, 2.45) is 4.99 Å². The van der Waals surface area contributed by atoms with Gasteiger partial charge in [0, 0.05) is 44.3 Å². The number of nitrogens with one attached hydrogen (secondary N) is 3. The van der Waals surface area contributed by atoms with E-state index in [1.165, 1.54) is 11.6 Å². The van der Waals surface area contributed by atoms with Gasteiger partial charge in [-0.15, -0.1) is 24.0 Å². The molecular formula is C25H35FIN5O. The Hall–Kier alpha value is -2.20. The average Bonchev–Trinajstić information content (AvgIpc) is 2.80. The quantitative estimate of drug-likeness (QED) is 0.197. The van der Waals surface area contributed by atoms with Crippen LogP contribution in [0.3, 0.4) is 0 Å². The summed E-state index contributed by atoms with van der Waals surface area (Å²) in [6.07, 6.45) is 2.12. The molecule has 1 amide bonds. The highest BCUT2D eigenvalue weighted by Crippen LogP contribution is 2.14. The number of likely N-dealkylation sites (tertiary alicyclic amines) is 1. The van der Waals surface area contributed by atoms with Gasteiger partial charge in [0.15, 0.2) is 5.96 Å². The number of aliphatic imine (C=N–C) groups is 1. The van der Waals surface area contributed by atoms with Gasteiger partial charge in [0.05, 0.1) is 6.54 Å². The molecule has 3 N–H and O–H groups in total. The molecule has 6 nitrogen and oxygen atoms in total. The first kappa shape index (κ1) is 27.0. The van der Waals surface area contributed by atoms with Crippen LogP contribution in [0.4, 0.5) is 4.39 Å². The maximum atomic E-state index is 13.7. The summed E-state index contributed by atoms with van der Waals surface area (Å²) in [5.74, 6) is 0.108. The molecule has 180 valence electrons. The molecule has 1 fully saturated rings. The van der Waals surface area contributed by atoms with Crippen LogP contribution in [-0.2, 0) is 6.54 Å². The summed E-state index contributed by atoms with van der Waals surface area (Å²) >= 11 is 0. The van der Waals surface area contributed by atoms with Crippen molar-refractivity contribution in [1.82, 2.24) is 20.9 Å².